The van der Waals surface area contributed by atoms with Gasteiger partial charge in [0.15, 0.2) is 0 Å². The number of hydrogen-bond acceptors (Lipinski definition) is 5. The standard InChI is InChI=1S/C23H30N4O3/c1-7-8-18-19-20(26-25-18)17(22(29)30-14(2)3)12-27(13-23(19,5)6)21(28)16-10-9-15(4)24-11-16/h9-12,14H,7-8,13H2,1-6H3,(H,25,26). The first-order chi connectivity index (χ1) is 14.1. The maximum atomic E-state index is 13.3. The molecule has 1 aliphatic heterocycles. The Morgan fingerprint density at radius 2 is 2.03 bits per heavy atom. The second-order valence-corrected chi connectivity index (χ2v) is 8.68. The lowest BCUT2D eigenvalue weighted by Gasteiger charge is -2.30. The molecule has 0 bridgehead atoms. The van der Waals surface area contributed by atoms with Crippen molar-refractivity contribution in [2.45, 2.75) is 65.9 Å². The number of aromatic nitrogens is 3. The number of pyridine rings is 1. The predicted molar refractivity (Wildman–Crippen MR) is 115 cm³/mol. The van der Waals surface area contributed by atoms with Gasteiger partial charge in [-0.15, -0.1) is 0 Å². The summed E-state index contributed by atoms with van der Waals surface area (Å²) in [7, 11) is 0. The molecule has 0 atom stereocenters. The van der Waals surface area contributed by atoms with E-state index in [-0.39, 0.29) is 17.6 Å². The monoisotopic (exact) mass is 410 g/mol. The minimum absolute atomic E-state index is 0.211. The summed E-state index contributed by atoms with van der Waals surface area (Å²) in [6.07, 6.45) is 4.62. The highest BCUT2D eigenvalue weighted by Gasteiger charge is 2.38. The smallest absolute Gasteiger partial charge is 0.342 e. The minimum Gasteiger partial charge on any atom is -0.459 e. The van der Waals surface area contributed by atoms with E-state index in [0.717, 1.165) is 29.8 Å². The van der Waals surface area contributed by atoms with Crippen molar-refractivity contribution < 1.29 is 14.3 Å². The summed E-state index contributed by atoms with van der Waals surface area (Å²) in [4.78, 5) is 32.1. The van der Waals surface area contributed by atoms with Crippen molar-refractivity contribution in [3.8, 4) is 0 Å². The van der Waals surface area contributed by atoms with Crippen LogP contribution in [0.15, 0.2) is 24.5 Å². The molecular weight excluding hydrogens is 380 g/mol. The summed E-state index contributed by atoms with van der Waals surface area (Å²) in [5, 5.41) is 7.58. The van der Waals surface area contributed by atoms with Crippen molar-refractivity contribution in [2.75, 3.05) is 6.54 Å². The second-order valence-electron chi connectivity index (χ2n) is 8.68. The number of fused-ring (bicyclic) bond motifs is 1. The Balaban J connectivity index is 2.11. The molecule has 0 unspecified atom stereocenters. The number of nitrogens with zero attached hydrogens (tertiary/aromatic N) is 3. The van der Waals surface area contributed by atoms with Crippen molar-refractivity contribution in [1.82, 2.24) is 20.1 Å². The van der Waals surface area contributed by atoms with E-state index in [4.69, 9.17) is 4.74 Å². The van der Waals surface area contributed by atoms with E-state index in [0.29, 0.717) is 17.8 Å². The highest BCUT2D eigenvalue weighted by atomic mass is 16.5. The van der Waals surface area contributed by atoms with Crippen LogP contribution in [-0.2, 0) is 21.4 Å². The number of amides is 1. The lowest BCUT2D eigenvalue weighted by Crippen LogP contribution is -2.37. The van der Waals surface area contributed by atoms with Gasteiger partial charge in [0, 0.05) is 41.3 Å². The number of aromatic amines is 1. The van der Waals surface area contributed by atoms with Crippen molar-refractivity contribution in [1.29, 1.82) is 0 Å². The van der Waals surface area contributed by atoms with Gasteiger partial charge < -0.3 is 9.64 Å². The first-order valence-corrected chi connectivity index (χ1v) is 10.4. The lowest BCUT2D eigenvalue weighted by atomic mass is 9.81. The van der Waals surface area contributed by atoms with Gasteiger partial charge in [0.2, 0.25) is 0 Å². The maximum absolute atomic E-state index is 13.3. The summed E-state index contributed by atoms with van der Waals surface area (Å²) in [6.45, 7) is 12.1. The highest BCUT2D eigenvalue weighted by Crippen LogP contribution is 2.37. The van der Waals surface area contributed by atoms with Crippen LogP contribution in [0.3, 0.4) is 0 Å². The molecule has 1 amide bonds. The number of nitrogens with one attached hydrogen (secondary N) is 1. The lowest BCUT2D eigenvalue weighted by molar-refractivity contribution is -0.140. The molecule has 0 saturated heterocycles. The SMILES string of the molecule is CCCc1[nH]nc2c1C(C)(C)CN(C(=O)c1ccc(C)nc1)C=C2C(=O)OC(C)C. The van der Waals surface area contributed by atoms with Gasteiger partial charge in [-0.1, -0.05) is 27.2 Å². The minimum atomic E-state index is -0.488. The van der Waals surface area contributed by atoms with Gasteiger partial charge in [-0.25, -0.2) is 4.79 Å². The first kappa shape index (κ1) is 21.7. The number of carbonyl (C=O) groups excluding carboxylic acids is 2. The van der Waals surface area contributed by atoms with Crippen molar-refractivity contribution in [3.63, 3.8) is 0 Å². The van der Waals surface area contributed by atoms with Crippen LogP contribution in [0.4, 0.5) is 0 Å². The Morgan fingerprint density at radius 1 is 1.30 bits per heavy atom. The van der Waals surface area contributed by atoms with Crippen LogP contribution in [0.2, 0.25) is 0 Å². The normalized spacial score (nSPS) is 15.4. The van der Waals surface area contributed by atoms with Crippen LogP contribution in [0, 0.1) is 6.92 Å². The number of rotatable bonds is 5. The summed E-state index contributed by atoms with van der Waals surface area (Å²) in [5.41, 5.74) is 3.70. The Labute approximate surface area is 177 Å². The largest absolute Gasteiger partial charge is 0.459 e. The number of esters is 1. The van der Waals surface area contributed by atoms with Gasteiger partial charge in [0.1, 0.15) is 11.3 Å². The zero-order chi connectivity index (χ0) is 22.1. The fraction of sp³-hybridized carbons (Fsp3) is 0.478. The van der Waals surface area contributed by atoms with Gasteiger partial charge in [0.25, 0.3) is 5.91 Å². The number of hydrogen-bond donors (Lipinski definition) is 1. The van der Waals surface area contributed by atoms with Crippen molar-refractivity contribution in [2.24, 2.45) is 0 Å². The Hall–Kier alpha value is -2.96. The van der Waals surface area contributed by atoms with E-state index in [1.165, 1.54) is 0 Å². The number of aryl methyl sites for hydroxylation is 2. The molecule has 30 heavy (non-hydrogen) atoms. The number of H-pyrrole nitrogens is 1. The van der Waals surface area contributed by atoms with Crippen LogP contribution < -0.4 is 0 Å². The van der Waals surface area contributed by atoms with Gasteiger partial charge >= 0.3 is 5.97 Å². The average Bonchev–Trinajstić information content (AvgIpc) is 3.04. The second kappa shape index (κ2) is 8.42. The van der Waals surface area contributed by atoms with Crippen molar-refractivity contribution in [3.05, 3.63) is 52.7 Å². The van der Waals surface area contributed by atoms with E-state index < -0.39 is 11.4 Å². The number of carbonyl (C=O) groups is 2. The molecule has 3 heterocycles. The third-order valence-electron chi connectivity index (χ3n) is 5.11. The fourth-order valence-corrected chi connectivity index (χ4v) is 3.82. The molecule has 0 aliphatic carbocycles. The van der Waals surface area contributed by atoms with E-state index in [1.54, 1.807) is 43.3 Å². The molecule has 1 N–H and O–H groups in total. The molecule has 0 radical (unpaired) electrons. The maximum Gasteiger partial charge on any atom is 0.342 e. The molecule has 1 aliphatic rings. The topological polar surface area (TPSA) is 88.2 Å². The molecule has 0 saturated carbocycles. The Kier molecular flexibility index (Phi) is 6.10. The van der Waals surface area contributed by atoms with Gasteiger partial charge in [-0.3, -0.25) is 14.9 Å². The molecule has 0 spiro atoms. The number of ether oxygens (including phenoxy) is 1. The summed E-state index contributed by atoms with van der Waals surface area (Å²) in [6, 6.07) is 3.56. The molecule has 2 aromatic rings. The molecule has 160 valence electrons. The summed E-state index contributed by atoms with van der Waals surface area (Å²) >= 11 is 0. The zero-order valence-electron chi connectivity index (χ0n) is 18.6. The van der Waals surface area contributed by atoms with Crippen LogP contribution in [0.5, 0.6) is 0 Å². The fourth-order valence-electron chi connectivity index (χ4n) is 3.82. The quantitative estimate of drug-likeness (QED) is 0.758. The van der Waals surface area contributed by atoms with Crippen LogP contribution in [-0.4, -0.2) is 44.6 Å². The van der Waals surface area contributed by atoms with Gasteiger partial charge in [-0.2, -0.15) is 5.10 Å². The van der Waals surface area contributed by atoms with E-state index in [2.05, 4.69) is 36.0 Å². The molecule has 7 nitrogen and oxygen atoms in total. The molecule has 0 aromatic carbocycles. The van der Waals surface area contributed by atoms with Gasteiger partial charge in [0.05, 0.1) is 11.7 Å². The molecular formula is C23H30N4O3. The first-order valence-electron chi connectivity index (χ1n) is 10.4. The van der Waals surface area contributed by atoms with Crippen molar-refractivity contribution >= 4 is 17.4 Å². The predicted octanol–water partition coefficient (Wildman–Crippen LogP) is 3.79. The van der Waals surface area contributed by atoms with E-state index in [9.17, 15) is 9.59 Å². The summed E-state index contributed by atoms with van der Waals surface area (Å²) in [5.74, 6) is -0.699. The summed E-state index contributed by atoms with van der Waals surface area (Å²) < 4.78 is 5.48. The Morgan fingerprint density at radius 3 is 2.63 bits per heavy atom. The zero-order valence-corrected chi connectivity index (χ0v) is 18.6. The third kappa shape index (κ3) is 4.30. The molecule has 0 fully saturated rings. The third-order valence-corrected chi connectivity index (χ3v) is 5.11. The van der Waals surface area contributed by atoms with E-state index in [1.807, 2.05) is 6.92 Å². The highest BCUT2D eigenvalue weighted by molar-refractivity contribution is 6.17. The Bertz CT molecular complexity index is 971. The van der Waals surface area contributed by atoms with Crippen LogP contribution in [0.25, 0.3) is 5.57 Å². The average molecular weight is 411 g/mol. The molecule has 3 rings (SSSR count). The molecule has 2 aromatic heterocycles. The molecule has 7 heteroatoms. The van der Waals surface area contributed by atoms with Crippen LogP contribution in [0.1, 0.15) is 74.0 Å². The van der Waals surface area contributed by atoms with Crippen LogP contribution >= 0.6 is 0 Å². The van der Waals surface area contributed by atoms with E-state index >= 15 is 0 Å². The van der Waals surface area contributed by atoms with Gasteiger partial charge in [-0.05, 0) is 39.3 Å².